The number of nitrogens with zero attached hydrogens (tertiary/aromatic N) is 1. The summed E-state index contributed by atoms with van der Waals surface area (Å²) >= 11 is 0. The van der Waals surface area contributed by atoms with Gasteiger partial charge in [0.25, 0.3) is 0 Å². The number of likely N-dealkylation sites (tertiary alicyclic amines) is 1. The van der Waals surface area contributed by atoms with Crippen LogP contribution in [0, 0.1) is 5.92 Å². The second-order valence-electron chi connectivity index (χ2n) is 5.53. The molecule has 0 radical (unpaired) electrons. The average Bonchev–Trinajstić information content (AvgIpc) is 2.84. The molecule has 0 saturated carbocycles. The van der Waals surface area contributed by atoms with E-state index in [0.717, 1.165) is 5.92 Å². The average molecular weight is 221 g/mol. The van der Waals surface area contributed by atoms with E-state index in [0.29, 0.717) is 0 Å². The minimum absolute atomic E-state index is 0.998. The van der Waals surface area contributed by atoms with Gasteiger partial charge in [-0.3, -0.25) is 0 Å². The van der Waals surface area contributed by atoms with Crippen LogP contribution >= 0.6 is 0 Å². The largest absolute Gasteiger partial charge is 0.375 e. The van der Waals surface area contributed by atoms with Crippen LogP contribution in [0.25, 0.3) is 0 Å². The molecule has 2 aliphatic rings. The molecule has 1 nitrogen and oxygen atoms in total. The third kappa shape index (κ3) is 3.26. The summed E-state index contributed by atoms with van der Waals surface area (Å²) in [5.74, 6) is 0.998. The molecule has 1 aliphatic carbocycles. The van der Waals surface area contributed by atoms with Gasteiger partial charge in [0.1, 0.15) is 0 Å². The van der Waals surface area contributed by atoms with Crippen LogP contribution < -0.4 is 0 Å². The van der Waals surface area contributed by atoms with E-state index in [2.05, 4.69) is 17.9 Å². The van der Waals surface area contributed by atoms with Crippen molar-refractivity contribution in [2.45, 2.75) is 64.7 Å². The molecule has 16 heavy (non-hydrogen) atoms. The van der Waals surface area contributed by atoms with E-state index >= 15 is 0 Å². The molecule has 0 bridgehead atoms. The van der Waals surface area contributed by atoms with Crippen molar-refractivity contribution in [1.29, 1.82) is 0 Å². The zero-order chi connectivity index (χ0) is 11.2. The van der Waals surface area contributed by atoms with E-state index in [4.69, 9.17) is 0 Å². The Hall–Kier alpha value is -0.460. The Labute approximate surface area is 101 Å². The number of allylic oxidation sites excluding steroid dienone is 2. The van der Waals surface area contributed by atoms with Gasteiger partial charge in [-0.1, -0.05) is 38.7 Å². The number of hydrogen-bond donors (Lipinski definition) is 0. The van der Waals surface area contributed by atoms with Crippen LogP contribution in [-0.4, -0.2) is 18.0 Å². The van der Waals surface area contributed by atoms with Crippen LogP contribution in [0.1, 0.15) is 64.7 Å². The molecule has 0 aromatic carbocycles. The fourth-order valence-electron chi connectivity index (χ4n) is 3.11. The molecule has 1 heterocycles. The second kappa shape index (κ2) is 6.32. The Balaban J connectivity index is 1.71. The standard InChI is InChI=1S/C15H27N/c1-2-3-4-7-14-8-10-15(11-9-14)16-12-5-6-13-16/h10,14H,2-9,11-13H2,1H3. The normalized spacial score (nSPS) is 25.9. The van der Waals surface area contributed by atoms with Crippen molar-refractivity contribution in [2.24, 2.45) is 5.92 Å². The summed E-state index contributed by atoms with van der Waals surface area (Å²) in [5, 5.41) is 0. The molecular weight excluding hydrogens is 194 g/mol. The lowest BCUT2D eigenvalue weighted by atomic mass is 9.88. The zero-order valence-electron chi connectivity index (χ0n) is 10.9. The summed E-state index contributed by atoms with van der Waals surface area (Å²) in [4.78, 5) is 2.63. The predicted molar refractivity (Wildman–Crippen MR) is 70.4 cm³/mol. The Kier molecular flexibility index (Phi) is 4.74. The molecule has 1 heteroatoms. The van der Waals surface area contributed by atoms with Crippen molar-refractivity contribution in [3.8, 4) is 0 Å². The van der Waals surface area contributed by atoms with Gasteiger partial charge in [0.15, 0.2) is 0 Å². The molecule has 0 aromatic rings. The fourth-order valence-corrected chi connectivity index (χ4v) is 3.11. The van der Waals surface area contributed by atoms with Crippen LogP contribution in [0.5, 0.6) is 0 Å². The number of hydrogen-bond acceptors (Lipinski definition) is 1. The molecule has 1 unspecified atom stereocenters. The third-order valence-corrected chi connectivity index (χ3v) is 4.22. The van der Waals surface area contributed by atoms with Crippen LogP contribution in [0.15, 0.2) is 11.8 Å². The first kappa shape index (κ1) is 12.0. The summed E-state index contributed by atoms with van der Waals surface area (Å²) in [7, 11) is 0. The minimum atomic E-state index is 0.998. The molecule has 92 valence electrons. The Morgan fingerprint density at radius 2 is 2.06 bits per heavy atom. The van der Waals surface area contributed by atoms with Gasteiger partial charge in [-0.05, 0) is 38.0 Å². The Morgan fingerprint density at radius 1 is 1.25 bits per heavy atom. The van der Waals surface area contributed by atoms with Crippen molar-refractivity contribution in [2.75, 3.05) is 13.1 Å². The molecule has 0 amide bonds. The molecule has 0 N–H and O–H groups in total. The quantitative estimate of drug-likeness (QED) is 0.624. The minimum Gasteiger partial charge on any atom is -0.375 e. The maximum absolute atomic E-state index is 2.63. The van der Waals surface area contributed by atoms with Gasteiger partial charge in [-0.25, -0.2) is 0 Å². The molecule has 1 saturated heterocycles. The van der Waals surface area contributed by atoms with Crippen molar-refractivity contribution in [3.63, 3.8) is 0 Å². The highest BCUT2D eigenvalue weighted by atomic mass is 15.1. The molecule has 0 spiro atoms. The smallest absolute Gasteiger partial charge is 0.0175 e. The van der Waals surface area contributed by atoms with Crippen molar-refractivity contribution in [3.05, 3.63) is 11.8 Å². The highest BCUT2D eigenvalue weighted by molar-refractivity contribution is 5.06. The topological polar surface area (TPSA) is 3.24 Å². The highest BCUT2D eigenvalue weighted by Gasteiger charge is 2.19. The van der Waals surface area contributed by atoms with Gasteiger partial charge in [-0.15, -0.1) is 0 Å². The molecule has 1 fully saturated rings. The van der Waals surface area contributed by atoms with Crippen LogP contribution in [0.3, 0.4) is 0 Å². The summed E-state index contributed by atoms with van der Waals surface area (Å²) in [5.41, 5.74) is 1.67. The molecule has 1 atom stereocenters. The highest BCUT2D eigenvalue weighted by Crippen LogP contribution is 2.30. The first-order valence-electron chi connectivity index (χ1n) is 7.34. The number of rotatable bonds is 5. The Morgan fingerprint density at radius 3 is 2.69 bits per heavy atom. The first-order valence-corrected chi connectivity index (χ1v) is 7.34. The monoisotopic (exact) mass is 221 g/mol. The molecule has 0 aromatic heterocycles. The van der Waals surface area contributed by atoms with Gasteiger partial charge < -0.3 is 4.90 Å². The maximum atomic E-state index is 2.63. The summed E-state index contributed by atoms with van der Waals surface area (Å²) < 4.78 is 0. The van der Waals surface area contributed by atoms with E-state index in [1.54, 1.807) is 5.70 Å². The molecule has 1 aliphatic heterocycles. The van der Waals surface area contributed by atoms with E-state index in [1.807, 2.05) is 0 Å². The number of unbranched alkanes of at least 4 members (excludes halogenated alkanes) is 2. The predicted octanol–water partition coefficient (Wildman–Crippen LogP) is 4.35. The summed E-state index contributed by atoms with van der Waals surface area (Å²) in [6.07, 6.45) is 15.3. The van der Waals surface area contributed by atoms with E-state index in [-0.39, 0.29) is 0 Å². The van der Waals surface area contributed by atoms with Gasteiger partial charge in [0.05, 0.1) is 0 Å². The van der Waals surface area contributed by atoms with Crippen molar-refractivity contribution >= 4 is 0 Å². The first-order chi connectivity index (χ1) is 7.90. The zero-order valence-corrected chi connectivity index (χ0v) is 10.9. The van der Waals surface area contributed by atoms with E-state index in [9.17, 15) is 0 Å². The molecule has 2 rings (SSSR count). The van der Waals surface area contributed by atoms with Crippen LogP contribution in [0.2, 0.25) is 0 Å². The lowest BCUT2D eigenvalue weighted by Gasteiger charge is -2.28. The van der Waals surface area contributed by atoms with E-state index in [1.165, 1.54) is 70.9 Å². The second-order valence-corrected chi connectivity index (χ2v) is 5.53. The van der Waals surface area contributed by atoms with Gasteiger partial charge in [0.2, 0.25) is 0 Å². The van der Waals surface area contributed by atoms with Gasteiger partial charge in [0, 0.05) is 18.8 Å². The summed E-state index contributed by atoms with van der Waals surface area (Å²) in [6.45, 7) is 4.95. The third-order valence-electron chi connectivity index (χ3n) is 4.22. The van der Waals surface area contributed by atoms with Gasteiger partial charge in [-0.2, -0.15) is 0 Å². The Bertz CT molecular complexity index is 226. The van der Waals surface area contributed by atoms with E-state index < -0.39 is 0 Å². The van der Waals surface area contributed by atoms with Crippen LogP contribution in [-0.2, 0) is 0 Å². The van der Waals surface area contributed by atoms with Crippen molar-refractivity contribution < 1.29 is 0 Å². The van der Waals surface area contributed by atoms with Gasteiger partial charge >= 0.3 is 0 Å². The summed E-state index contributed by atoms with van der Waals surface area (Å²) in [6, 6.07) is 0. The lowest BCUT2D eigenvalue weighted by Crippen LogP contribution is -2.21. The SMILES string of the molecule is CCCCCC1CC=C(N2CCCC2)CC1. The fraction of sp³-hybridized carbons (Fsp3) is 0.867. The maximum Gasteiger partial charge on any atom is 0.0175 e. The molecular formula is C15H27N. The van der Waals surface area contributed by atoms with Crippen molar-refractivity contribution in [1.82, 2.24) is 4.90 Å². The van der Waals surface area contributed by atoms with Crippen LogP contribution in [0.4, 0.5) is 0 Å². The lowest BCUT2D eigenvalue weighted by molar-refractivity contribution is 0.346.